The Bertz CT molecular complexity index is 1210. The number of unbranched alkanes of at least 4 members (excludes halogenated alkanes) is 42. The van der Waals surface area contributed by atoms with E-state index < -0.39 is 26.5 Å². The maximum atomic E-state index is 12.7. The van der Waals surface area contributed by atoms with Crippen LogP contribution < -0.4 is 4.89 Å². The van der Waals surface area contributed by atoms with Crippen molar-refractivity contribution >= 4 is 19.8 Å². The van der Waals surface area contributed by atoms with Crippen molar-refractivity contribution in [3.8, 4) is 0 Å². The smallest absolute Gasteiger partial charge is 0.306 e. The van der Waals surface area contributed by atoms with Crippen molar-refractivity contribution in [2.24, 2.45) is 0 Å². The van der Waals surface area contributed by atoms with Crippen LogP contribution in [0.5, 0.6) is 0 Å². The third-order valence-electron chi connectivity index (χ3n) is 14.0. The SMILES string of the molecule is CCCCCCCCCC/C=C\CCCCCCCCCCCCCCCCCCCCCCCCCCCCCC(=O)OC(COC(=O)CCCCCCCCCC)COP(=O)([O-])OCC[N+](C)(C)C. The van der Waals surface area contributed by atoms with E-state index >= 15 is 0 Å². The van der Waals surface area contributed by atoms with E-state index in [1.807, 2.05) is 21.1 Å². The van der Waals surface area contributed by atoms with Crippen molar-refractivity contribution < 1.29 is 42.1 Å². The van der Waals surface area contributed by atoms with E-state index in [0.717, 1.165) is 32.1 Å². The topological polar surface area (TPSA) is 111 Å². The van der Waals surface area contributed by atoms with Crippen LogP contribution in [0, 0.1) is 0 Å². The first-order valence-electron chi connectivity index (χ1n) is 30.9. The molecule has 0 aromatic heterocycles. The Morgan fingerprint density at radius 3 is 1.04 bits per heavy atom. The Morgan fingerprint density at radius 2 is 0.718 bits per heavy atom. The lowest BCUT2D eigenvalue weighted by Gasteiger charge is -2.28. The monoisotopic (exact) mass is 1030 g/mol. The number of nitrogens with zero attached hydrogens (tertiary/aromatic N) is 1. The Balaban J connectivity index is 3.75. The van der Waals surface area contributed by atoms with Crippen LogP contribution in [0.1, 0.15) is 316 Å². The van der Waals surface area contributed by atoms with Gasteiger partial charge in [-0.2, -0.15) is 0 Å². The number of quaternary nitrogens is 1. The molecular weight excluding hydrogens is 906 g/mol. The van der Waals surface area contributed by atoms with E-state index in [1.54, 1.807) is 0 Å². The highest BCUT2D eigenvalue weighted by atomic mass is 31.2. The average Bonchev–Trinajstić information content (AvgIpc) is 3.33. The van der Waals surface area contributed by atoms with Crippen molar-refractivity contribution in [1.82, 2.24) is 0 Å². The van der Waals surface area contributed by atoms with E-state index in [9.17, 15) is 19.0 Å². The Morgan fingerprint density at radius 1 is 0.423 bits per heavy atom. The third kappa shape index (κ3) is 57.9. The molecule has 0 aliphatic carbocycles. The molecule has 0 spiro atoms. The van der Waals surface area contributed by atoms with E-state index in [0.29, 0.717) is 17.4 Å². The molecule has 0 amide bonds. The zero-order valence-electron chi connectivity index (χ0n) is 48.0. The van der Waals surface area contributed by atoms with Gasteiger partial charge in [0.2, 0.25) is 0 Å². The molecule has 0 aliphatic heterocycles. The van der Waals surface area contributed by atoms with Crippen LogP contribution in [0.15, 0.2) is 12.2 Å². The highest BCUT2D eigenvalue weighted by Gasteiger charge is 2.22. The Labute approximate surface area is 441 Å². The Kier molecular flexibility index (Phi) is 52.6. The van der Waals surface area contributed by atoms with Gasteiger partial charge in [0.1, 0.15) is 19.8 Å². The van der Waals surface area contributed by atoms with Crippen molar-refractivity contribution in [2.75, 3.05) is 47.5 Å². The summed E-state index contributed by atoms with van der Waals surface area (Å²) >= 11 is 0. The third-order valence-corrected chi connectivity index (χ3v) is 15.0. The molecule has 2 unspecified atom stereocenters. The molecule has 0 N–H and O–H groups in total. The van der Waals surface area contributed by atoms with Gasteiger partial charge in [0.05, 0.1) is 27.7 Å². The second kappa shape index (κ2) is 53.6. The van der Waals surface area contributed by atoms with Crippen LogP contribution >= 0.6 is 7.82 Å². The molecular formula is C61H120NO8P. The van der Waals surface area contributed by atoms with E-state index in [-0.39, 0.29) is 32.0 Å². The number of hydrogen-bond donors (Lipinski definition) is 0. The van der Waals surface area contributed by atoms with Gasteiger partial charge < -0.3 is 27.9 Å². The van der Waals surface area contributed by atoms with Crippen LogP contribution in [-0.4, -0.2) is 70.0 Å². The maximum Gasteiger partial charge on any atom is 0.306 e. The molecule has 0 heterocycles. The lowest BCUT2D eigenvalue weighted by atomic mass is 10.0. The highest BCUT2D eigenvalue weighted by molar-refractivity contribution is 7.45. The van der Waals surface area contributed by atoms with Crippen LogP contribution in [0.25, 0.3) is 0 Å². The Hall–Kier alpha value is -1.25. The van der Waals surface area contributed by atoms with Crippen molar-refractivity contribution in [3.05, 3.63) is 12.2 Å². The zero-order valence-corrected chi connectivity index (χ0v) is 48.8. The summed E-state index contributed by atoms with van der Waals surface area (Å²) < 4.78 is 34.0. The summed E-state index contributed by atoms with van der Waals surface area (Å²) in [6, 6.07) is 0. The summed E-state index contributed by atoms with van der Waals surface area (Å²) in [7, 11) is 1.18. The maximum absolute atomic E-state index is 12.7. The van der Waals surface area contributed by atoms with Crippen molar-refractivity contribution in [1.29, 1.82) is 0 Å². The second-order valence-electron chi connectivity index (χ2n) is 22.4. The van der Waals surface area contributed by atoms with E-state index in [2.05, 4.69) is 26.0 Å². The average molecular weight is 1030 g/mol. The summed E-state index contributed by atoms with van der Waals surface area (Å²) in [6.07, 6.45) is 63.3. The molecule has 0 aromatic carbocycles. The summed E-state index contributed by atoms with van der Waals surface area (Å²) in [6.45, 7) is 4.24. The molecule has 71 heavy (non-hydrogen) atoms. The first-order chi connectivity index (χ1) is 34.5. The van der Waals surface area contributed by atoms with Gasteiger partial charge in [0.15, 0.2) is 6.10 Å². The number of esters is 2. The molecule has 0 bridgehead atoms. The molecule has 0 saturated heterocycles. The minimum Gasteiger partial charge on any atom is -0.756 e. The fraction of sp³-hybridized carbons (Fsp3) is 0.934. The summed E-state index contributed by atoms with van der Waals surface area (Å²) in [5.74, 6) is -0.822. The summed E-state index contributed by atoms with van der Waals surface area (Å²) in [5.41, 5.74) is 0. The van der Waals surface area contributed by atoms with Crippen LogP contribution in [0.2, 0.25) is 0 Å². The number of carbonyl (C=O) groups is 2. The zero-order chi connectivity index (χ0) is 52.0. The van der Waals surface area contributed by atoms with Gasteiger partial charge in [-0.15, -0.1) is 0 Å². The number of rotatable bonds is 58. The number of likely N-dealkylation sites (N-methyl/N-ethyl adjacent to an activating group) is 1. The van der Waals surface area contributed by atoms with Gasteiger partial charge in [-0.25, -0.2) is 0 Å². The molecule has 0 rings (SSSR count). The fourth-order valence-corrected chi connectivity index (χ4v) is 9.97. The lowest BCUT2D eigenvalue weighted by molar-refractivity contribution is -0.870. The normalized spacial score (nSPS) is 13.3. The van der Waals surface area contributed by atoms with Gasteiger partial charge in [-0.1, -0.05) is 276 Å². The van der Waals surface area contributed by atoms with Crippen LogP contribution in [-0.2, 0) is 32.7 Å². The molecule has 2 atom stereocenters. The highest BCUT2D eigenvalue weighted by Crippen LogP contribution is 2.38. The number of carbonyl (C=O) groups excluding carboxylic acids is 2. The minimum atomic E-state index is -4.62. The summed E-state index contributed by atoms with van der Waals surface area (Å²) in [5, 5.41) is 0. The predicted molar refractivity (Wildman–Crippen MR) is 301 cm³/mol. The standard InChI is InChI=1S/C61H120NO8P/c1-6-8-10-12-14-16-17-18-19-20-21-22-23-24-25-26-27-28-29-30-31-32-33-34-35-36-37-38-39-40-41-42-43-44-45-46-48-50-52-54-61(64)70-59(58-69-71(65,66)68-56-55-62(3,4)5)57-67-60(63)53-51-49-47-15-13-11-9-7-2/h20-21,59H,6-19,22-58H2,1-5H3/b21-20-. The molecule has 0 fully saturated rings. The molecule has 0 aliphatic rings. The van der Waals surface area contributed by atoms with Gasteiger partial charge in [-0.05, 0) is 38.5 Å². The van der Waals surface area contributed by atoms with Gasteiger partial charge in [-0.3, -0.25) is 14.2 Å². The first-order valence-corrected chi connectivity index (χ1v) is 32.4. The lowest BCUT2D eigenvalue weighted by Crippen LogP contribution is -2.37. The molecule has 0 aromatic rings. The van der Waals surface area contributed by atoms with Crippen LogP contribution in [0.4, 0.5) is 0 Å². The predicted octanol–water partition coefficient (Wildman–Crippen LogP) is 18.6. The molecule has 9 nitrogen and oxygen atoms in total. The number of hydrogen-bond acceptors (Lipinski definition) is 8. The minimum absolute atomic E-state index is 0.0264. The van der Waals surface area contributed by atoms with Gasteiger partial charge in [0.25, 0.3) is 7.82 Å². The largest absolute Gasteiger partial charge is 0.756 e. The molecule has 10 heteroatoms. The second-order valence-corrected chi connectivity index (χ2v) is 23.8. The van der Waals surface area contributed by atoms with Gasteiger partial charge in [0, 0.05) is 12.8 Å². The molecule has 0 saturated carbocycles. The fourth-order valence-electron chi connectivity index (χ4n) is 9.24. The van der Waals surface area contributed by atoms with Crippen LogP contribution in [0.3, 0.4) is 0 Å². The number of ether oxygens (including phenoxy) is 2. The summed E-state index contributed by atoms with van der Waals surface area (Å²) in [4.78, 5) is 37.6. The number of allylic oxidation sites excluding steroid dienone is 2. The number of phosphoric acid groups is 1. The first kappa shape index (κ1) is 69.8. The molecule has 0 radical (unpaired) electrons. The van der Waals surface area contributed by atoms with E-state index in [1.165, 1.54) is 250 Å². The van der Waals surface area contributed by atoms with E-state index in [4.69, 9.17) is 18.5 Å². The quantitative estimate of drug-likeness (QED) is 0.0195. The van der Waals surface area contributed by atoms with Crippen molar-refractivity contribution in [2.45, 2.75) is 322 Å². The van der Waals surface area contributed by atoms with Gasteiger partial charge >= 0.3 is 11.9 Å². The number of phosphoric ester groups is 1. The molecule has 422 valence electrons. The van der Waals surface area contributed by atoms with Crippen molar-refractivity contribution in [3.63, 3.8) is 0 Å².